The van der Waals surface area contributed by atoms with Gasteiger partial charge in [0.2, 0.25) is 5.91 Å². The van der Waals surface area contributed by atoms with E-state index in [9.17, 15) is 9.59 Å². The summed E-state index contributed by atoms with van der Waals surface area (Å²) in [5.74, 6) is 0.204. The number of amides is 2. The summed E-state index contributed by atoms with van der Waals surface area (Å²) in [7, 11) is 0. The minimum absolute atomic E-state index is 0.204. The molecule has 2 aliphatic rings. The molecule has 0 spiro atoms. The highest BCUT2D eigenvalue weighted by atomic mass is 16.6. The van der Waals surface area contributed by atoms with Crippen LogP contribution in [-0.2, 0) is 9.53 Å². The van der Waals surface area contributed by atoms with Crippen molar-refractivity contribution in [1.29, 1.82) is 0 Å². The summed E-state index contributed by atoms with van der Waals surface area (Å²) >= 11 is 0. The van der Waals surface area contributed by atoms with Crippen LogP contribution in [0.2, 0.25) is 0 Å². The van der Waals surface area contributed by atoms with Gasteiger partial charge in [-0.1, -0.05) is 0 Å². The number of hydrogen-bond acceptors (Lipinski definition) is 3. The standard InChI is InChI=1S/C4H7NO.C3H5NO2/c6-4-2-1-3-5-4;5-3-4-1-2-6-3/h1-3H2,(H,5,6);1-2H2,(H,4,5). The summed E-state index contributed by atoms with van der Waals surface area (Å²) in [6.45, 7) is 2.08. The van der Waals surface area contributed by atoms with Crippen LogP contribution in [0.4, 0.5) is 4.79 Å². The molecule has 12 heavy (non-hydrogen) atoms. The summed E-state index contributed by atoms with van der Waals surface area (Å²) < 4.78 is 4.40. The van der Waals surface area contributed by atoms with Gasteiger partial charge in [0.15, 0.2) is 0 Å². The second kappa shape index (κ2) is 4.58. The van der Waals surface area contributed by atoms with E-state index in [1.807, 2.05) is 0 Å². The summed E-state index contributed by atoms with van der Waals surface area (Å²) in [5.41, 5.74) is 0. The molecule has 0 bridgehead atoms. The molecule has 0 aromatic carbocycles. The van der Waals surface area contributed by atoms with Crippen molar-refractivity contribution in [2.75, 3.05) is 19.7 Å². The lowest BCUT2D eigenvalue weighted by Gasteiger charge is -1.80. The highest BCUT2D eigenvalue weighted by Crippen LogP contribution is 1.93. The molecular weight excluding hydrogens is 160 g/mol. The van der Waals surface area contributed by atoms with Crippen molar-refractivity contribution in [2.24, 2.45) is 0 Å². The number of hydrogen-bond donors (Lipinski definition) is 2. The number of rotatable bonds is 0. The third-order valence-electron chi connectivity index (χ3n) is 1.51. The quantitative estimate of drug-likeness (QED) is 0.523. The maximum atomic E-state index is 10.1. The van der Waals surface area contributed by atoms with Crippen molar-refractivity contribution in [1.82, 2.24) is 10.6 Å². The summed E-state index contributed by atoms with van der Waals surface area (Å²) in [4.78, 5) is 20.0. The molecule has 2 saturated heterocycles. The smallest absolute Gasteiger partial charge is 0.407 e. The Bertz CT molecular complexity index is 145. The van der Waals surface area contributed by atoms with Gasteiger partial charge in [-0.25, -0.2) is 4.79 Å². The summed E-state index contributed by atoms with van der Waals surface area (Å²) in [6, 6.07) is 0. The van der Waals surface area contributed by atoms with Crippen molar-refractivity contribution in [3.63, 3.8) is 0 Å². The molecule has 0 aromatic rings. The molecule has 2 amide bonds. The Morgan fingerprint density at radius 3 is 2.17 bits per heavy atom. The second-order valence-corrected chi connectivity index (χ2v) is 2.52. The predicted molar refractivity (Wildman–Crippen MR) is 41.6 cm³/mol. The van der Waals surface area contributed by atoms with E-state index in [1.165, 1.54) is 0 Å². The fourth-order valence-corrected chi connectivity index (χ4v) is 0.913. The third kappa shape index (κ3) is 3.23. The van der Waals surface area contributed by atoms with Crippen LogP contribution in [0.3, 0.4) is 0 Å². The first-order chi connectivity index (χ1) is 5.79. The van der Waals surface area contributed by atoms with E-state index < -0.39 is 0 Å². The van der Waals surface area contributed by atoms with Gasteiger partial charge in [0.25, 0.3) is 0 Å². The van der Waals surface area contributed by atoms with Gasteiger partial charge in [-0.2, -0.15) is 0 Å². The number of cyclic esters (lactones) is 1. The first kappa shape index (κ1) is 8.83. The Morgan fingerprint density at radius 1 is 1.17 bits per heavy atom. The van der Waals surface area contributed by atoms with Crippen LogP contribution in [0.1, 0.15) is 12.8 Å². The molecule has 0 radical (unpaired) electrons. The maximum Gasteiger partial charge on any atom is 0.407 e. The zero-order valence-electron chi connectivity index (χ0n) is 6.76. The van der Waals surface area contributed by atoms with Gasteiger partial charge in [-0.15, -0.1) is 0 Å². The van der Waals surface area contributed by atoms with Gasteiger partial charge < -0.3 is 15.4 Å². The molecule has 2 aliphatic heterocycles. The fraction of sp³-hybridized carbons (Fsp3) is 0.714. The minimum Gasteiger partial charge on any atom is -0.448 e. The minimum atomic E-state index is -0.296. The van der Waals surface area contributed by atoms with E-state index >= 15 is 0 Å². The molecule has 68 valence electrons. The van der Waals surface area contributed by atoms with Crippen LogP contribution >= 0.6 is 0 Å². The van der Waals surface area contributed by atoms with Crippen LogP contribution < -0.4 is 10.6 Å². The molecule has 2 N–H and O–H groups in total. The topological polar surface area (TPSA) is 67.4 Å². The number of carbonyl (C=O) groups is 2. The Hall–Kier alpha value is -1.26. The first-order valence-corrected chi connectivity index (χ1v) is 3.96. The van der Waals surface area contributed by atoms with Crippen LogP contribution in [0.15, 0.2) is 0 Å². The number of ether oxygens (including phenoxy) is 1. The molecule has 0 aromatic heterocycles. The first-order valence-electron chi connectivity index (χ1n) is 3.96. The Kier molecular flexibility index (Phi) is 3.37. The Balaban J connectivity index is 0.000000120. The molecule has 2 heterocycles. The monoisotopic (exact) mass is 172 g/mol. The van der Waals surface area contributed by atoms with Crippen LogP contribution in [-0.4, -0.2) is 31.7 Å². The fourth-order valence-electron chi connectivity index (χ4n) is 0.913. The SMILES string of the molecule is O=C1CCCN1.O=C1NCCO1. The normalized spacial score (nSPS) is 20.3. The van der Waals surface area contributed by atoms with E-state index in [4.69, 9.17) is 0 Å². The average Bonchev–Trinajstić information content (AvgIpc) is 2.63. The van der Waals surface area contributed by atoms with Gasteiger partial charge >= 0.3 is 6.09 Å². The number of nitrogens with one attached hydrogen (secondary N) is 2. The number of alkyl carbamates (subject to hydrolysis) is 1. The van der Waals surface area contributed by atoms with Crippen molar-refractivity contribution in [3.05, 3.63) is 0 Å². The van der Waals surface area contributed by atoms with Crippen molar-refractivity contribution < 1.29 is 14.3 Å². The zero-order valence-corrected chi connectivity index (χ0v) is 6.76. The average molecular weight is 172 g/mol. The molecule has 0 saturated carbocycles. The molecule has 5 nitrogen and oxygen atoms in total. The van der Waals surface area contributed by atoms with Gasteiger partial charge in [0.05, 0.1) is 6.54 Å². The highest BCUT2D eigenvalue weighted by Gasteiger charge is 2.06. The Labute approximate surface area is 70.5 Å². The van der Waals surface area contributed by atoms with E-state index in [2.05, 4.69) is 15.4 Å². The van der Waals surface area contributed by atoms with Gasteiger partial charge in [0.1, 0.15) is 6.61 Å². The molecule has 2 rings (SSSR count). The third-order valence-corrected chi connectivity index (χ3v) is 1.51. The highest BCUT2D eigenvalue weighted by molar-refractivity contribution is 5.77. The van der Waals surface area contributed by atoms with E-state index in [-0.39, 0.29) is 12.0 Å². The van der Waals surface area contributed by atoms with Crippen molar-refractivity contribution >= 4 is 12.0 Å². The van der Waals surface area contributed by atoms with Crippen molar-refractivity contribution in [3.8, 4) is 0 Å². The van der Waals surface area contributed by atoms with E-state index in [0.29, 0.717) is 13.2 Å². The van der Waals surface area contributed by atoms with Gasteiger partial charge in [0, 0.05) is 13.0 Å². The van der Waals surface area contributed by atoms with E-state index in [1.54, 1.807) is 0 Å². The molecule has 5 heteroatoms. The molecule has 0 atom stereocenters. The lowest BCUT2D eigenvalue weighted by molar-refractivity contribution is -0.119. The van der Waals surface area contributed by atoms with Gasteiger partial charge in [-0.3, -0.25) is 4.79 Å². The Morgan fingerprint density at radius 2 is 2.00 bits per heavy atom. The summed E-state index contributed by atoms with van der Waals surface area (Å²) in [5, 5.41) is 5.14. The molecule has 2 fully saturated rings. The van der Waals surface area contributed by atoms with Gasteiger partial charge in [-0.05, 0) is 6.42 Å². The van der Waals surface area contributed by atoms with Crippen LogP contribution in [0.5, 0.6) is 0 Å². The number of carbonyl (C=O) groups excluding carboxylic acids is 2. The lowest BCUT2D eigenvalue weighted by atomic mass is 10.4. The zero-order chi connectivity index (χ0) is 8.81. The van der Waals surface area contributed by atoms with Crippen LogP contribution in [0, 0.1) is 0 Å². The van der Waals surface area contributed by atoms with E-state index in [0.717, 1.165) is 19.4 Å². The summed E-state index contributed by atoms with van der Waals surface area (Å²) in [6.07, 6.45) is 1.47. The molecule has 0 aliphatic carbocycles. The van der Waals surface area contributed by atoms with Crippen molar-refractivity contribution in [2.45, 2.75) is 12.8 Å². The second-order valence-electron chi connectivity index (χ2n) is 2.52. The maximum absolute atomic E-state index is 10.1. The molecular formula is C7H12N2O3. The predicted octanol–water partition coefficient (Wildman–Crippen LogP) is -0.377. The molecule has 0 unspecified atom stereocenters. The van der Waals surface area contributed by atoms with Crippen LogP contribution in [0.25, 0.3) is 0 Å². The largest absolute Gasteiger partial charge is 0.448 e. The lowest BCUT2D eigenvalue weighted by Crippen LogP contribution is -2.12.